The zero-order chi connectivity index (χ0) is 16.4. The molecule has 124 valence electrons. The third kappa shape index (κ3) is 3.12. The number of benzene rings is 1. The highest BCUT2D eigenvalue weighted by atomic mass is 16.4. The molecule has 4 nitrogen and oxygen atoms in total. The minimum atomic E-state index is -0.818. The molecule has 0 aromatic heterocycles. The lowest BCUT2D eigenvalue weighted by molar-refractivity contribution is -0.148. The molecule has 1 fully saturated rings. The van der Waals surface area contributed by atoms with Crippen LogP contribution < -0.4 is 4.90 Å². The van der Waals surface area contributed by atoms with E-state index in [-0.39, 0.29) is 11.8 Å². The van der Waals surface area contributed by atoms with Gasteiger partial charge in [0.15, 0.2) is 0 Å². The normalized spacial score (nSPS) is 24.1. The number of nitrogens with zero attached hydrogens (tertiary/aromatic N) is 1. The van der Waals surface area contributed by atoms with Gasteiger partial charge >= 0.3 is 5.97 Å². The van der Waals surface area contributed by atoms with Crippen LogP contribution in [0, 0.1) is 11.8 Å². The van der Waals surface area contributed by atoms with Crippen LogP contribution >= 0.6 is 0 Å². The zero-order valence-corrected chi connectivity index (χ0v) is 13.8. The van der Waals surface area contributed by atoms with Crippen LogP contribution in [-0.4, -0.2) is 23.5 Å². The van der Waals surface area contributed by atoms with Crippen molar-refractivity contribution < 1.29 is 14.7 Å². The SMILES string of the molecule is CCc1ccc2c(c1)CCCN2C(=O)[C@H]1CCCC[C@@H]1C(=O)O. The first-order chi connectivity index (χ1) is 11.1. The Morgan fingerprint density at radius 2 is 1.91 bits per heavy atom. The average molecular weight is 315 g/mol. The van der Waals surface area contributed by atoms with E-state index in [1.807, 2.05) is 11.0 Å². The van der Waals surface area contributed by atoms with Crippen LogP contribution in [0.15, 0.2) is 18.2 Å². The van der Waals surface area contributed by atoms with E-state index < -0.39 is 11.9 Å². The molecule has 1 saturated carbocycles. The summed E-state index contributed by atoms with van der Waals surface area (Å²) in [5.74, 6) is -1.68. The van der Waals surface area contributed by atoms with Crippen LogP contribution in [-0.2, 0) is 22.4 Å². The fourth-order valence-electron chi connectivity index (χ4n) is 4.02. The molecule has 2 aliphatic rings. The molecule has 0 radical (unpaired) electrons. The minimum Gasteiger partial charge on any atom is -0.481 e. The predicted octanol–water partition coefficient (Wildman–Crippen LogP) is 3.42. The van der Waals surface area contributed by atoms with Crippen molar-refractivity contribution in [3.8, 4) is 0 Å². The van der Waals surface area contributed by atoms with E-state index in [0.29, 0.717) is 19.4 Å². The second-order valence-electron chi connectivity index (χ2n) is 6.75. The minimum absolute atomic E-state index is 0.0160. The number of carboxylic acids is 1. The van der Waals surface area contributed by atoms with Crippen molar-refractivity contribution >= 4 is 17.6 Å². The number of carboxylic acid groups (broad SMARTS) is 1. The molecule has 0 saturated heterocycles. The summed E-state index contributed by atoms with van der Waals surface area (Å²) in [6.07, 6.45) is 6.14. The van der Waals surface area contributed by atoms with Gasteiger partial charge in [-0.1, -0.05) is 31.9 Å². The van der Waals surface area contributed by atoms with E-state index in [0.717, 1.165) is 37.8 Å². The summed E-state index contributed by atoms with van der Waals surface area (Å²) in [4.78, 5) is 26.4. The lowest BCUT2D eigenvalue weighted by Gasteiger charge is -2.36. The number of fused-ring (bicyclic) bond motifs is 1. The Morgan fingerprint density at radius 1 is 1.17 bits per heavy atom. The van der Waals surface area contributed by atoms with Gasteiger partial charge in [-0.3, -0.25) is 9.59 Å². The summed E-state index contributed by atoms with van der Waals surface area (Å²) < 4.78 is 0. The Bertz CT molecular complexity index is 611. The molecule has 1 heterocycles. The second-order valence-corrected chi connectivity index (χ2v) is 6.75. The zero-order valence-electron chi connectivity index (χ0n) is 13.8. The average Bonchev–Trinajstić information content (AvgIpc) is 2.60. The summed E-state index contributed by atoms with van der Waals surface area (Å²) >= 11 is 0. The van der Waals surface area contributed by atoms with Crippen molar-refractivity contribution in [2.75, 3.05) is 11.4 Å². The Balaban J connectivity index is 1.87. The molecule has 3 rings (SSSR count). The maximum atomic E-state index is 13.0. The molecule has 1 amide bonds. The topological polar surface area (TPSA) is 57.6 Å². The van der Waals surface area contributed by atoms with Crippen LogP contribution in [0.25, 0.3) is 0 Å². The van der Waals surface area contributed by atoms with Crippen molar-refractivity contribution in [2.45, 2.75) is 51.9 Å². The third-order valence-electron chi connectivity index (χ3n) is 5.34. The standard InChI is InChI=1S/C19H25NO3/c1-2-13-9-10-17-14(12-13)6-5-11-20(17)18(21)15-7-3-4-8-16(15)19(22)23/h9-10,12,15-16H,2-8,11H2,1H3,(H,22,23)/t15-,16-/m0/s1. The van der Waals surface area contributed by atoms with Crippen LogP contribution in [0.3, 0.4) is 0 Å². The van der Waals surface area contributed by atoms with Crippen LogP contribution in [0.2, 0.25) is 0 Å². The first-order valence-corrected chi connectivity index (χ1v) is 8.77. The molecule has 1 aliphatic heterocycles. The molecule has 0 bridgehead atoms. The van der Waals surface area contributed by atoms with E-state index >= 15 is 0 Å². The van der Waals surface area contributed by atoms with Crippen molar-refractivity contribution in [2.24, 2.45) is 11.8 Å². The van der Waals surface area contributed by atoms with Crippen molar-refractivity contribution in [3.05, 3.63) is 29.3 Å². The Morgan fingerprint density at radius 3 is 2.61 bits per heavy atom. The molecule has 4 heteroatoms. The van der Waals surface area contributed by atoms with Gasteiger partial charge in [-0.2, -0.15) is 0 Å². The lowest BCUT2D eigenvalue weighted by Crippen LogP contribution is -2.44. The number of carbonyl (C=O) groups excluding carboxylic acids is 1. The van der Waals surface area contributed by atoms with Crippen LogP contribution in [0.5, 0.6) is 0 Å². The third-order valence-corrected chi connectivity index (χ3v) is 5.34. The van der Waals surface area contributed by atoms with Gasteiger partial charge in [0.1, 0.15) is 0 Å². The molecule has 23 heavy (non-hydrogen) atoms. The number of aryl methyl sites for hydroxylation is 2. The number of hydrogen-bond donors (Lipinski definition) is 1. The Hall–Kier alpha value is -1.84. The van der Waals surface area contributed by atoms with Crippen molar-refractivity contribution in [3.63, 3.8) is 0 Å². The first kappa shape index (κ1) is 16.0. The number of anilines is 1. The molecular weight excluding hydrogens is 290 g/mol. The van der Waals surface area contributed by atoms with E-state index in [2.05, 4.69) is 19.1 Å². The summed E-state index contributed by atoms with van der Waals surface area (Å²) in [7, 11) is 0. The maximum absolute atomic E-state index is 13.0. The highest BCUT2D eigenvalue weighted by Crippen LogP contribution is 2.35. The first-order valence-electron chi connectivity index (χ1n) is 8.77. The summed E-state index contributed by atoms with van der Waals surface area (Å²) in [6.45, 7) is 2.84. The molecule has 0 unspecified atom stereocenters. The fraction of sp³-hybridized carbons (Fsp3) is 0.579. The number of rotatable bonds is 3. The van der Waals surface area contributed by atoms with Gasteiger partial charge in [0.05, 0.1) is 11.8 Å². The summed E-state index contributed by atoms with van der Waals surface area (Å²) in [6, 6.07) is 6.33. The highest BCUT2D eigenvalue weighted by Gasteiger charge is 2.39. The maximum Gasteiger partial charge on any atom is 0.307 e. The smallest absolute Gasteiger partial charge is 0.307 e. The van der Waals surface area contributed by atoms with E-state index in [1.165, 1.54) is 11.1 Å². The summed E-state index contributed by atoms with van der Waals surface area (Å²) in [5.41, 5.74) is 3.51. The monoisotopic (exact) mass is 315 g/mol. The Kier molecular flexibility index (Phi) is 4.69. The van der Waals surface area contributed by atoms with Gasteiger partial charge in [0.25, 0.3) is 0 Å². The van der Waals surface area contributed by atoms with Gasteiger partial charge in [0.2, 0.25) is 5.91 Å². The molecule has 1 N–H and O–H groups in total. The number of carbonyl (C=O) groups is 2. The number of aliphatic carboxylic acids is 1. The van der Waals surface area contributed by atoms with Crippen molar-refractivity contribution in [1.29, 1.82) is 0 Å². The van der Waals surface area contributed by atoms with Gasteiger partial charge in [-0.15, -0.1) is 0 Å². The summed E-state index contributed by atoms with van der Waals surface area (Å²) in [5, 5.41) is 9.45. The van der Waals surface area contributed by atoms with E-state index in [4.69, 9.17) is 0 Å². The van der Waals surface area contributed by atoms with E-state index in [9.17, 15) is 14.7 Å². The van der Waals surface area contributed by atoms with Crippen molar-refractivity contribution in [1.82, 2.24) is 0 Å². The fourth-order valence-corrected chi connectivity index (χ4v) is 4.02. The van der Waals surface area contributed by atoms with Crippen LogP contribution in [0.1, 0.15) is 50.2 Å². The predicted molar refractivity (Wildman–Crippen MR) is 89.6 cm³/mol. The Labute approximate surface area is 137 Å². The molecule has 1 aromatic rings. The molecule has 0 spiro atoms. The largest absolute Gasteiger partial charge is 0.481 e. The lowest BCUT2D eigenvalue weighted by atomic mass is 9.78. The molecule has 1 aromatic carbocycles. The number of hydrogen-bond acceptors (Lipinski definition) is 2. The molecule has 1 aliphatic carbocycles. The van der Waals surface area contributed by atoms with E-state index in [1.54, 1.807) is 0 Å². The van der Waals surface area contributed by atoms with Crippen LogP contribution in [0.4, 0.5) is 5.69 Å². The molecular formula is C19H25NO3. The highest BCUT2D eigenvalue weighted by molar-refractivity contribution is 5.98. The van der Waals surface area contributed by atoms with Gasteiger partial charge in [0, 0.05) is 12.2 Å². The van der Waals surface area contributed by atoms with Gasteiger partial charge < -0.3 is 10.0 Å². The number of amides is 1. The quantitative estimate of drug-likeness (QED) is 0.930. The van der Waals surface area contributed by atoms with Gasteiger partial charge in [-0.25, -0.2) is 0 Å². The van der Waals surface area contributed by atoms with Gasteiger partial charge in [-0.05, 0) is 49.3 Å². The molecule has 2 atom stereocenters. The second kappa shape index (κ2) is 6.73.